The van der Waals surface area contributed by atoms with Crippen LogP contribution in [-0.2, 0) is 21.9 Å². The van der Waals surface area contributed by atoms with Gasteiger partial charge in [0.05, 0.1) is 23.6 Å². The van der Waals surface area contributed by atoms with Gasteiger partial charge in [0.15, 0.2) is 0 Å². The predicted octanol–water partition coefficient (Wildman–Crippen LogP) is 4.67. The number of aliphatic hydroxyl groups excluding tert-OH is 1. The Hall–Kier alpha value is -2.33. The summed E-state index contributed by atoms with van der Waals surface area (Å²) in [5, 5.41) is 14.7. The average molecular weight is 630 g/mol. The number of nitrogens with zero attached hydrogens (tertiary/aromatic N) is 1. The van der Waals surface area contributed by atoms with Crippen molar-refractivity contribution >= 4 is 33.2 Å². The summed E-state index contributed by atoms with van der Waals surface area (Å²) in [6.45, 7) is 5.47. The Morgan fingerprint density at radius 1 is 1.14 bits per heavy atom. The van der Waals surface area contributed by atoms with Crippen LogP contribution in [0.3, 0.4) is 0 Å². The molecule has 7 atom stereocenters. The smallest absolute Gasteiger partial charge is 0.264 e. The Morgan fingerprint density at radius 3 is 2.70 bits per heavy atom. The maximum atomic E-state index is 13.4. The van der Waals surface area contributed by atoms with E-state index in [2.05, 4.69) is 27.1 Å². The van der Waals surface area contributed by atoms with Gasteiger partial charge in [-0.25, -0.2) is 13.1 Å². The highest BCUT2D eigenvalue weighted by atomic mass is 35.5. The van der Waals surface area contributed by atoms with E-state index in [4.69, 9.17) is 16.3 Å². The summed E-state index contributed by atoms with van der Waals surface area (Å²) in [7, 11) is -2.07. The van der Waals surface area contributed by atoms with Crippen LogP contribution >= 0.6 is 11.6 Å². The number of anilines is 1. The minimum atomic E-state index is -3.94. The molecule has 3 N–H and O–H groups in total. The van der Waals surface area contributed by atoms with Crippen LogP contribution in [0.5, 0.6) is 5.75 Å². The zero-order valence-electron chi connectivity index (χ0n) is 25.3. The Kier molecular flexibility index (Phi) is 8.48. The number of sulfonamides is 1. The molecule has 2 heterocycles. The molecule has 8 nitrogen and oxygen atoms in total. The molecule has 1 saturated carbocycles. The van der Waals surface area contributed by atoms with Crippen molar-refractivity contribution in [2.24, 2.45) is 17.8 Å². The number of hydrogen-bond acceptors (Lipinski definition) is 7. The summed E-state index contributed by atoms with van der Waals surface area (Å²) in [6.07, 6.45) is 5.62. The molecule has 1 amide bonds. The van der Waals surface area contributed by atoms with Crippen molar-refractivity contribution in [1.82, 2.24) is 10.0 Å². The number of carbonyl (C=O) groups excluding carboxylic acids is 1. The number of hydrogen-bond donors (Lipinski definition) is 3. The molecule has 0 radical (unpaired) electrons. The Labute approximate surface area is 260 Å². The molecular weight excluding hydrogens is 586 g/mol. The first-order chi connectivity index (χ1) is 20.5. The zero-order chi connectivity index (χ0) is 30.5. The number of carbonyl (C=O) groups is 1. The van der Waals surface area contributed by atoms with Gasteiger partial charge in [0, 0.05) is 35.1 Å². The highest BCUT2D eigenvalue weighted by Crippen LogP contribution is 2.47. The van der Waals surface area contributed by atoms with Crippen LogP contribution in [0.1, 0.15) is 73.9 Å². The molecule has 234 valence electrons. The van der Waals surface area contributed by atoms with E-state index in [9.17, 15) is 18.3 Å². The van der Waals surface area contributed by atoms with Gasteiger partial charge in [-0.3, -0.25) is 4.79 Å². The Bertz CT molecular complexity index is 1480. The van der Waals surface area contributed by atoms with Gasteiger partial charge in [0.2, 0.25) is 10.0 Å². The van der Waals surface area contributed by atoms with E-state index in [-0.39, 0.29) is 28.9 Å². The van der Waals surface area contributed by atoms with E-state index in [0.717, 1.165) is 49.4 Å². The molecule has 43 heavy (non-hydrogen) atoms. The Morgan fingerprint density at radius 2 is 1.95 bits per heavy atom. The minimum absolute atomic E-state index is 0.0349. The van der Waals surface area contributed by atoms with Crippen LogP contribution in [0.2, 0.25) is 5.02 Å². The lowest BCUT2D eigenvalue weighted by Crippen LogP contribution is -2.50. The van der Waals surface area contributed by atoms with Gasteiger partial charge < -0.3 is 20.1 Å². The third-order valence-corrected chi connectivity index (χ3v) is 13.0. The van der Waals surface area contributed by atoms with Gasteiger partial charge in [-0.2, -0.15) is 0 Å². The van der Waals surface area contributed by atoms with Gasteiger partial charge in [-0.05, 0) is 118 Å². The number of nitrogens with one attached hydrogen (secondary N) is 2. The molecule has 2 bridgehead atoms. The van der Waals surface area contributed by atoms with E-state index in [1.54, 1.807) is 25.1 Å². The SMILES string of the molecule is CN[C@H]1C[C@H](C)[C@@H](C)S(=O)(=O)NC(=O)c2ccc3c(c2)N(C[C@@H]2CC[C@H]2[C@@H](O)C1)C[C@@]1(CCCc2cc(Cl)ccc21)CO3. The standard InChI is InChI=1S/C33H44ClN3O5S/c1-20-13-26(35-3)16-30(38)27-9-6-24(27)17-37-18-33(12-4-5-22-14-25(34)8-10-28(22)33)19-42-31-11-7-23(15-29(31)37)32(39)36-43(40,41)21(20)2/h7-8,10-11,14-15,20-21,24,26-27,30,35,38H,4-6,9,12-13,16-19H2,1-3H3,(H,36,39)/t20-,21+,24-,26-,27+,30-,33-/m0/s1. The van der Waals surface area contributed by atoms with Gasteiger partial charge in [-0.15, -0.1) is 0 Å². The molecule has 1 spiro atoms. The van der Waals surface area contributed by atoms with E-state index >= 15 is 0 Å². The quantitative estimate of drug-likeness (QED) is 0.421. The van der Waals surface area contributed by atoms with Crippen molar-refractivity contribution in [3.05, 3.63) is 58.1 Å². The van der Waals surface area contributed by atoms with Gasteiger partial charge in [0.1, 0.15) is 5.75 Å². The summed E-state index contributed by atoms with van der Waals surface area (Å²) in [5.41, 5.74) is 3.34. The van der Waals surface area contributed by atoms with Gasteiger partial charge in [0.25, 0.3) is 5.91 Å². The highest BCUT2D eigenvalue weighted by molar-refractivity contribution is 7.90. The molecule has 1 fully saturated rings. The van der Waals surface area contributed by atoms with Crippen molar-refractivity contribution in [1.29, 1.82) is 0 Å². The van der Waals surface area contributed by atoms with Crippen LogP contribution in [0.25, 0.3) is 0 Å². The second kappa shape index (κ2) is 11.9. The number of halogens is 1. The van der Waals surface area contributed by atoms with E-state index in [1.165, 1.54) is 11.1 Å². The number of benzene rings is 2. The molecule has 6 rings (SSSR count). The van der Waals surface area contributed by atoms with Crippen LogP contribution in [0.4, 0.5) is 5.69 Å². The number of rotatable bonds is 1. The summed E-state index contributed by atoms with van der Waals surface area (Å²) >= 11 is 6.40. The van der Waals surface area contributed by atoms with E-state index < -0.39 is 27.3 Å². The van der Waals surface area contributed by atoms with E-state index in [0.29, 0.717) is 37.7 Å². The second-order valence-corrected chi connectivity index (χ2v) is 15.9. The summed E-state index contributed by atoms with van der Waals surface area (Å²) in [6, 6.07) is 11.4. The third-order valence-electron chi connectivity index (χ3n) is 10.8. The molecule has 2 aromatic carbocycles. The maximum Gasteiger partial charge on any atom is 0.264 e. The van der Waals surface area contributed by atoms with Crippen LogP contribution in [-0.4, -0.2) is 63.6 Å². The maximum absolute atomic E-state index is 13.4. The molecule has 10 heteroatoms. The van der Waals surface area contributed by atoms with Crippen molar-refractivity contribution in [3.8, 4) is 5.75 Å². The fraction of sp³-hybridized carbons (Fsp3) is 0.606. The number of aryl methyl sites for hydroxylation is 1. The van der Waals surface area contributed by atoms with E-state index in [1.807, 2.05) is 20.0 Å². The van der Waals surface area contributed by atoms with Crippen molar-refractivity contribution in [3.63, 3.8) is 0 Å². The fourth-order valence-corrected chi connectivity index (χ4v) is 9.37. The topological polar surface area (TPSA) is 108 Å². The lowest BCUT2D eigenvalue weighted by Gasteiger charge is -2.46. The molecule has 0 unspecified atom stereocenters. The fourth-order valence-electron chi connectivity index (χ4n) is 7.89. The minimum Gasteiger partial charge on any atom is -0.490 e. The monoisotopic (exact) mass is 629 g/mol. The van der Waals surface area contributed by atoms with Crippen LogP contribution in [0.15, 0.2) is 36.4 Å². The summed E-state index contributed by atoms with van der Waals surface area (Å²) < 4.78 is 35.5. The van der Waals surface area contributed by atoms with Crippen molar-refractivity contribution in [2.75, 3.05) is 31.6 Å². The lowest BCUT2D eigenvalue weighted by atomic mass is 9.68. The van der Waals surface area contributed by atoms with Crippen LogP contribution in [0, 0.1) is 17.8 Å². The summed E-state index contributed by atoms with van der Waals surface area (Å²) in [5.74, 6) is 0.291. The normalized spacial score (nSPS) is 34.2. The summed E-state index contributed by atoms with van der Waals surface area (Å²) in [4.78, 5) is 15.8. The largest absolute Gasteiger partial charge is 0.490 e. The molecule has 2 aromatic rings. The number of fused-ring (bicyclic) bond motifs is 4. The lowest BCUT2D eigenvalue weighted by molar-refractivity contribution is 0.00355. The van der Waals surface area contributed by atoms with Gasteiger partial charge >= 0.3 is 0 Å². The average Bonchev–Trinajstić information content (AvgIpc) is 3.10. The number of amides is 1. The van der Waals surface area contributed by atoms with Crippen LogP contribution < -0.4 is 19.7 Å². The molecular formula is C33H44ClN3O5S. The van der Waals surface area contributed by atoms with Gasteiger partial charge in [-0.1, -0.05) is 24.6 Å². The molecule has 2 aliphatic heterocycles. The third kappa shape index (κ3) is 5.90. The molecule has 2 aliphatic carbocycles. The zero-order valence-corrected chi connectivity index (χ0v) is 26.9. The van der Waals surface area contributed by atoms with Crippen molar-refractivity contribution < 1.29 is 23.1 Å². The molecule has 0 saturated heterocycles. The molecule has 0 aromatic heterocycles. The molecule has 4 aliphatic rings. The second-order valence-electron chi connectivity index (χ2n) is 13.5. The highest BCUT2D eigenvalue weighted by Gasteiger charge is 2.45. The number of ether oxygens (including phenoxy) is 1. The first kappa shape index (κ1) is 30.7. The first-order valence-electron chi connectivity index (χ1n) is 15.7. The first-order valence-corrected chi connectivity index (χ1v) is 17.6. The number of aliphatic hydroxyl groups is 1. The van der Waals surface area contributed by atoms with Crippen molar-refractivity contribution in [2.45, 2.75) is 81.6 Å². The Balaban J connectivity index is 1.42. The predicted molar refractivity (Wildman–Crippen MR) is 170 cm³/mol.